The largest absolute Gasteiger partial charge is 0.345 e. The molecule has 2 aromatic carbocycles. The minimum Gasteiger partial charge on any atom is -0.345 e. The quantitative estimate of drug-likeness (QED) is 0.712. The van der Waals surface area contributed by atoms with Crippen molar-refractivity contribution >= 4 is 16.7 Å². The zero-order valence-electron chi connectivity index (χ0n) is 13.3. The highest BCUT2D eigenvalue weighted by molar-refractivity contribution is 5.81. The van der Waals surface area contributed by atoms with E-state index in [0.717, 1.165) is 22.2 Å². The van der Waals surface area contributed by atoms with Gasteiger partial charge in [0.25, 0.3) is 0 Å². The highest BCUT2D eigenvalue weighted by atomic mass is 14.9. The molecular formula is C19H12N6. The minimum atomic E-state index is -0.254. The fourth-order valence-corrected chi connectivity index (χ4v) is 2.53. The molecule has 118 valence electrons. The Bertz CT molecular complexity index is 1070. The Labute approximate surface area is 144 Å². The maximum Gasteiger partial charge on any atom is 0.163 e. The number of anilines is 1. The summed E-state index contributed by atoms with van der Waals surface area (Å²) in [4.78, 5) is 7.86. The van der Waals surface area contributed by atoms with Crippen molar-refractivity contribution < 1.29 is 0 Å². The van der Waals surface area contributed by atoms with Crippen molar-refractivity contribution in [3.8, 4) is 29.6 Å². The van der Waals surface area contributed by atoms with E-state index in [0.29, 0.717) is 11.5 Å². The second-order valence-corrected chi connectivity index (χ2v) is 5.29. The minimum absolute atomic E-state index is 0.0742. The lowest BCUT2D eigenvalue weighted by Crippen LogP contribution is -2.03. The number of nitrogens with one attached hydrogen (secondary N) is 2. The smallest absolute Gasteiger partial charge is 0.163 e. The lowest BCUT2D eigenvalue weighted by Gasteiger charge is -2.11. The molecule has 0 unspecified atom stereocenters. The number of H-pyrrole nitrogens is 1. The normalized spacial score (nSPS) is 9.68. The molecule has 0 spiro atoms. The summed E-state index contributed by atoms with van der Waals surface area (Å²) >= 11 is 0. The Morgan fingerprint density at radius 1 is 1.00 bits per heavy atom. The molecule has 0 radical (unpaired) electrons. The van der Waals surface area contributed by atoms with Gasteiger partial charge in [-0.1, -0.05) is 24.3 Å². The van der Waals surface area contributed by atoms with E-state index in [9.17, 15) is 5.26 Å². The predicted octanol–water partition coefficient (Wildman–Crippen LogP) is 3.78. The number of hydrogen-bond acceptors (Lipinski definition) is 5. The van der Waals surface area contributed by atoms with Crippen molar-refractivity contribution in [3.63, 3.8) is 0 Å². The number of aromatic nitrogens is 2. The Kier molecular flexibility index (Phi) is 4.16. The van der Waals surface area contributed by atoms with Gasteiger partial charge in [-0.25, -0.2) is 4.98 Å². The van der Waals surface area contributed by atoms with Gasteiger partial charge in [-0.2, -0.15) is 15.8 Å². The number of allylic oxidation sites excluding steroid dienone is 2. The van der Waals surface area contributed by atoms with Gasteiger partial charge in [0.2, 0.25) is 0 Å². The molecule has 25 heavy (non-hydrogen) atoms. The number of aromatic amines is 1. The fourth-order valence-electron chi connectivity index (χ4n) is 2.53. The summed E-state index contributed by atoms with van der Waals surface area (Å²) in [6, 6.07) is 18.6. The van der Waals surface area contributed by atoms with Gasteiger partial charge in [-0.3, -0.25) is 0 Å². The van der Waals surface area contributed by atoms with Gasteiger partial charge in [0, 0.05) is 11.3 Å². The summed E-state index contributed by atoms with van der Waals surface area (Å²) in [6.45, 7) is 1.89. The number of fused-ring (bicyclic) bond motifs is 1. The van der Waals surface area contributed by atoms with Crippen molar-refractivity contribution in [2.45, 2.75) is 6.92 Å². The molecule has 6 heteroatoms. The van der Waals surface area contributed by atoms with Crippen molar-refractivity contribution in [2.24, 2.45) is 0 Å². The predicted molar refractivity (Wildman–Crippen MR) is 93.8 cm³/mol. The van der Waals surface area contributed by atoms with Crippen LogP contribution in [0.15, 0.2) is 53.7 Å². The molecule has 0 aliphatic carbocycles. The van der Waals surface area contributed by atoms with Gasteiger partial charge >= 0.3 is 0 Å². The number of nitrogens with zero attached hydrogens (tertiary/aromatic N) is 4. The Balaban J connectivity index is 2.07. The second-order valence-electron chi connectivity index (χ2n) is 5.29. The average molecular weight is 324 g/mol. The highest BCUT2D eigenvalue weighted by Crippen LogP contribution is 2.29. The van der Waals surface area contributed by atoms with E-state index in [4.69, 9.17) is 10.5 Å². The van der Waals surface area contributed by atoms with Crippen molar-refractivity contribution in [2.75, 3.05) is 5.32 Å². The lowest BCUT2D eigenvalue weighted by molar-refractivity contribution is 1.29. The molecule has 3 aromatic rings. The van der Waals surface area contributed by atoms with Gasteiger partial charge in [-0.05, 0) is 30.7 Å². The first kappa shape index (κ1) is 15.8. The molecular weight excluding hydrogens is 312 g/mol. The topological polar surface area (TPSA) is 112 Å². The summed E-state index contributed by atoms with van der Waals surface area (Å²) in [7, 11) is 0. The molecule has 0 atom stereocenters. The molecule has 0 saturated carbocycles. The average Bonchev–Trinajstić information content (AvgIpc) is 3.07. The van der Waals surface area contributed by atoms with E-state index < -0.39 is 0 Å². The molecule has 0 bridgehead atoms. The zero-order chi connectivity index (χ0) is 17.8. The number of benzene rings is 2. The molecule has 1 heterocycles. The molecule has 3 rings (SSSR count). The highest BCUT2D eigenvalue weighted by Gasteiger charge is 2.13. The summed E-state index contributed by atoms with van der Waals surface area (Å²) in [5.74, 6) is 0.714. The first-order valence-electron chi connectivity index (χ1n) is 7.44. The summed E-state index contributed by atoms with van der Waals surface area (Å²) in [5.41, 5.74) is 3.83. The third-order valence-corrected chi connectivity index (χ3v) is 3.82. The van der Waals surface area contributed by atoms with Gasteiger partial charge in [-0.15, -0.1) is 0 Å². The molecule has 6 nitrogen and oxygen atoms in total. The zero-order valence-corrected chi connectivity index (χ0v) is 13.3. The van der Waals surface area contributed by atoms with Crippen LogP contribution in [-0.2, 0) is 0 Å². The van der Waals surface area contributed by atoms with Crippen LogP contribution in [0.1, 0.15) is 5.56 Å². The third kappa shape index (κ3) is 2.91. The van der Waals surface area contributed by atoms with Crippen LogP contribution in [0.2, 0.25) is 0 Å². The number of para-hydroxylation sites is 2. The van der Waals surface area contributed by atoms with Crippen LogP contribution in [0, 0.1) is 40.9 Å². The third-order valence-electron chi connectivity index (χ3n) is 3.82. The molecule has 0 amide bonds. The van der Waals surface area contributed by atoms with Crippen LogP contribution in [0.3, 0.4) is 0 Å². The van der Waals surface area contributed by atoms with E-state index in [-0.39, 0.29) is 11.3 Å². The molecule has 0 aliphatic rings. The molecule has 0 saturated heterocycles. The van der Waals surface area contributed by atoms with Crippen LogP contribution in [0.25, 0.3) is 22.4 Å². The summed E-state index contributed by atoms with van der Waals surface area (Å²) < 4.78 is 0. The Hall–Kier alpha value is -4.08. The van der Waals surface area contributed by atoms with Gasteiger partial charge < -0.3 is 10.3 Å². The van der Waals surface area contributed by atoms with Gasteiger partial charge in [0.15, 0.2) is 5.57 Å². The summed E-state index contributed by atoms with van der Waals surface area (Å²) in [5, 5.41) is 30.0. The van der Waals surface area contributed by atoms with E-state index in [1.165, 1.54) is 0 Å². The van der Waals surface area contributed by atoms with Crippen molar-refractivity contribution in [1.82, 2.24) is 9.97 Å². The van der Waals surface area contributed by atoms with Crippen LogP contribution >= 0.6 is 0 Å². The monoisotopic (exact) mass is 324 g/mol. The SMILES string of the molecule is Cc1c(NC(C#N)=C(C#N)C#N)cccc1-c1nc2ccccc2[nH]1. The van der Waals surface area contributed by atoms with Gasteiger partial charge in [0.05, 0.1) is 11.0 Å². The molecule has 2 N–H and O–H groups in total. The van der Waals surface area contributed by atoms with E-state index >= 15 is 0 Å². The Morgan fingerprint density at radius 2 is 1.76 bits per heavy atom. The first-order valence-corrected chi connectivity index (χ1v) is 7.44. The van der Waals surface area contributed by atoms with Gasteiger partial charge in [0.1, 0.15) is 29.7 Å². The lowest BCUT2D eigenvalue weighted by atomic mass is 10.1. The van der Waals surface area contributed by atoms with Crippen LogP contribution in [-0.4, -0.2) is 9.97 Å². The molecule has 0 aliphatic heterocycles. The van der Waals surface area contributed by atoms with Crippen LogP contribution < -0.4 is 5.32 Å². The number of nitriles is 3. The van der Waals surface area contributed by atoms with E-state index in [1.54, 1.807) is 18.2 Å². The number of hydrogen-bond donors (Lipinski definition) is 2. The first-order chi connectivity index (χ1) is 12.2. The van der Waals surface area contributed by atoms with Crippen LogP contribution in [0.4, 0.5) is 5.69 Å². The van der Waals surface area contributed by atoms with Crippen molar-refractivity contribution in [3.05, 3.63) is 59.3 Å². The summed E-state index contributed by atoms with van der Waals surface area (Å²) in [6.07, 6.45) is 0. The Morgan fingerprint density at radius 3 is 2.44 bits per heavy atom. The standard InChI is InChI=1S/C19H12N6/c1-12-14(19-24-16-6-2-3-7-17(16)25-19)5-4-8-15(12)23-18(11-22)13(9-20)10-21/h2-8,23H,1H3,(H,24,25). The maximum absolute atomic E-state index is 9.20. The second kappa shape index (κ2) is 6.58. The van der Waals surface area contributed by atoms with E-state index in [2.05, 4.69) is 15.3 Å². The maximum atomic E-state index is 9.20. The van der Waals surface area contributed by atoms with E-state index in [1.807, 2.05) is 49.4 Å². The molecule has 1 aromatic heterocycles. The van der Waals surface area contributed by atoms with Crippen molar-refractivity contribution in [1.29, 1.82) is 15.8 Å². The number of imidazole rings is 1. The van der Waals surface area contributed by atoms with Crippen LogP contribution in [0.5, 0.6) is 0 Å². The fraction of sp³-hybridized carbons (Fsp3) is 0.0526. The number of rotatable bonds is 3. The molecule has 0 fully saturated rings.